The number of hydrogen-bond donors (Lipinski definition) is 2. The van der Waals surface area contributed by atoms with Crippen molar-refractivity contribution in [2.24, 2.45) is 0 Å². The van der Waals surface area contributed by atoms with Gasteiger partial charge in [-0.05, 0) is 25.1 Å². The molecule has 1 heterocycles. The zero-order chi connectivity index (χ0) is 14.3. The van der Waals surface area contributed by atoms with Crippen LogP contribution in [0.3, 0.4) is 0 Å². The van der Waals surface area contributed by atoms with Gasteiger partial charge in [-0.15, -0.1) is 0 Å². The first-order chi connectivity index (χ1) is 9.54. The van der Waals surface area contributed by atoms with Crippen LogP contribution >= 0.6 is 0 Å². The van der Waals surface area contributed by atoms with Gasteiger partial charge in [0.1, 0.15) is 11.6 Å². The molecule has 0 aliphatic rings. The van der Waals surface area contributed by atoms with E-state index in [2.05, 4.69) is 9.97 Å². The number of nitro benzene ring substituents is 1. The van der Waals surface area contributed by atoms with E-state index in [4.69, 9.17) is 0 Å². The number of imidazole rings is 1. The monoisotopic (exact) mass is 269 g/mol. The standard InChI is InChI=1S/C14H11N3O3/c1-8-2-5-13(18)10(6-8)14-15-11-4-3-9(17(19)20)7-12(11)16-14/h2-7,18H,1H3,(H,15,16). The zero-order valence-electron chi connectivity index (χ0n) is 10.6. The second kappa shape index (κ2) is 4.34. The first kappa shape index (κ1) is 12.2. The van der Waals surface area contributed by atoms with Crippen LogP contribution in [-0.2, 0) is 0 Å². The average molecular weight is 269 g/mol. The Balaban J connectivity index is 2.17. The molecule has 20 heavy (non-hydrogen) atoms. The molecule has 6 heteroatoms. The number of aromatic hydroxyl groups is 1. The van der Waals surface area contributed by atoms with E-state index in [1.54, 1.807) is 18.2 Å². The van der Waals surface area contributed by atoms with E-state index in [1.807, 2.05) is 13.0 Å². The fourth-order valence-corrected chi connectivity index (χ4v) is 2.08. The van der Waals surface area contributed by atoms with Crippen molar-refractivity contribution < 1.29 is 10.0 Å². The number of aromatic amines is 1. The smallest absolute Gasteiger partial charge is 0.271 e. The summed E-state index contributed by atoms with van der Waals surface area (Å²) in [5, 5.41) is 20.6. The minimum atomic E-state index is -0.454. The quantitative estimate of drug-likeness (QED) is 0.552. The lowest BCUT2D eigenvalue weighted by molar-refractivity contribution is -0.384. The lowest BCUT2D eigenvalue weighted by Gasteiger charge is -2.01. The minimum absolute atomic E-state index is 0.00108. The van der Waals surface area contributed by atoms with Crippen LogP contribution in [0.2, 0.25) is 0 Å². The molecule has 0 aliphatic carbocycles. The van der Waals surface area contributed by atoms with Gasteiger partial charge >= 0.3 is 0 Å². The molecule has 0 aliphatic heterocycles. The number of H-pyrrole nitrogens is 1. The largest absolute Gasteiger partial charge is 0.507 e. The summed E-state index contributed by atoms with van der Waals surface area (Å²) in [6.45, 7) is 1.91. The lowest BCUT2D eigenvalue weighted by Crippen LogP contribution is -1.86. The van der Waals surface area contributed by atoms with Gasteiger partial charge in [-0.1, -0.05) is 11.6 Å². The van der Waals surface area contributed by atoms with Crippen molar-refractivity contribution in [1.82, 2.24) is 9.97 Å². The number of nitrogens with one attached hydrogen (secondary N) is 1. The van der Waals surface area contributed by atoms with Gasteiger partial charge < -0.3 is 10.1 Å². The van der Waals surface area contributed by atoms with Crippen LogP contribution in [-0.4, -0.2) is 20.0 Å². The molecule has 6 nitrogen and oxygen atoms in total. The second-order valence-electron chi connectivity index (χ2n) is 4.56. The molecular weight excluding hydrogens is 258 g/mol. The Hall–Kier alpha value is -2.89. The van der Waals surface area contributed by atoms with Crippen LogP contribution in [0.25, 0.3) is 22.4 Å². The number of aryl methyl sites for hydroxylation is 1. The first-order valence-electron chi connectivity index (χ1n) is 5.99. The van der Waals surface area contributed by atoms with Crippen LogP contribution in [0.1, 0.15) is 5.56 Å². The van der Waals surface area contributed by atoms with Crippen LogP contribution in [0, 0.1) is 17.0 Å². The van der Waals surface area contributed by atoms with Crippen LogP contribution in [0.4, 0.5) is 5.69 Å². The maximum Gasteiger partial charge on any atom is 0.271 e. The normalized spacial score (nSPS) is 10.8. The van der Waals surface area contributed by atoms with Crippen molar-refractivity contribution in [3.05, 3.63) is 52.1 Å². The summed E-state index contributed by atoms with van der Waals surface area (Å²) in [6, 6.07) is 9.62. The summed E-state index contributed by atoms with van der Waals surface area (Å²) in [5.74, 6) is 0.603. The third kappa shape index (κ3) is 1.97. The number of phenolic OH excluding ortho intramolecular Hbond substituents is 1. The Morgan fingerprint density at radius 3 is 2.80 bits per heavy atom. The second-order valence-corrected chi connectivity index (χ2v) is 4.56. The predicted octanol–water partition coefficient (Wildman–Crippen LogP) is 3.15. The van der Waals surface area contributed by atoms with Gasteiger partial charge in [0.25, 0.3) is 5.69 Å². The number of phenols is 1. The number of hydrogen-bond acceptors (Lipinski definition) is 4. The van der Waals surface area contributed by atoms with E-state index < -0.39 is 4.92 Å². The highest BCUT2D eigenvalue weighted by molar-refractivity contribution is 5.82. The van der Waals surface area contributed by atoms with Gasteiger partial charge in [0.2, 0.25) is 0 Å². The molecule has 3 rings (SSSR count). The van der Waals surface area contributed by atoms with E-state index in [0.717, 1.165) is 5.56 Å². The van der Waals surface area contributed by atoms with Gasteiger partial charge in [0.15, 0.2) is 0 Å². The molecule has 0 saturated heterocycles. The molecule has 3 aromatic rings. The Labute approximate surface area is 113 Å². The summed E-state index contributed by atoms with van der Waals surface area (Å²) in [4.78, 5) is 17.6. The number of benzene rings is 2. The molecule has 0 saturated carbocycles. The van der Waals surface area contributed by atoms with Gasteiger partial charge in [-0.2, -0.15) is 0 Å². The van der Waals surface area contributed by atoms with Crippen molar-refractivity contribution in [3.63, 3.8) is 0 Å². The van der Waals surface area contributed by atoms with Gasteiger partial charge in [0.05, 0.1) is 21.5 Å². The molecule has 0 bridgehead atoms. The van der Waals surface area contributed by atoms with Crippen LogP contribution < -0.4 is 0 Å². The number of fused-ring (bicyclic) bond motifs is 1. The third-order valence-corrected chi connectivity index (χ3v) is 3.08. The summed E-state index contributed by atoms with van der Waals surface area (Å²) in [7, 11) is 0. The van der Waals surface area contributed by atoms with Gasteiger partial charge in [0, 0.05) is 12.1 Å². The lowest BCUT2D eigenvalue weighted by atomic mass is 10.1. The highest BCUT2D eigenvalue weighted by atomic mass is 16.6. The van der Waals surface area contributed by atoms with Crippen molar-refractivity contribution in [1.29, 1.82) is 0 Å². The maximum atomic E-state index is 10.8. The molecule has 100 valence electrons. The van der Waals surface area contributed by atoms with Crippen molar-refractivity contribution in [2.75, 3.05) is 0 Å². The van der Waals surface area contributed by atoms with E-state index >= 15 is 0 Å². The minimum Gasteiger partial charge on any atom is -0.507 e. The SMILES string of the molecule is Cc1ccc(O)c(-c2nc3ccc([N+](=O)[O-])cc3[nH]2)c1. The molecule has 0 spiro atoms. The topological polar surface area (TPSA) is 92.1 Å². The van der Waals surface area contributed by atoms with Crippen LogP contribution in [0.15, 0.2) is 36.4 Å². The molecule has 0 fully saturated rings. The van der Waals surface area contributed by atoms with E-state index in [9.17, 15) is 15.2 Å². The average Bonchev–Trinajstić information content (AvgIpc) is 2.83. The molecule has 0 amide bonds. The highest BCUT2D eigenvalue weighted by Crippen LogP contribution is 2.30. The van der Waals surface area contributed by atoms with Crippen molar-refractivity contribution >= 4 is 16.7 Å². The van der Waals surface area contributed by atoms with Crippen molar-refractivity contribution in [3.8, 4) is 17.1 Å². The first-order valence-corrected chi connectivity index (χ1v) is 5.99. The third-order valence-electron chi connectivity index (χ3n) is 3.08. The molecule has 0 radical (unpaired) electrons. The Bertz CT molecular complexity index is 824. The summed E-state index contributed by atoms with van der Waals surface area (Å²) in [6.07, 6.45) is 0. The molecule has 0 atom stereocenters. The number of nitrogens with zero attached hydrogens (tertiary/aromatic N) is 2. The molecule has 1 aromatic heterocycles. The summed E-state index contributed by atoms with van der Waals surface area (Å²) in [5.41, 5.74) is 2.75. The molecule has 0 unspecified atom stereocenters. The molecular formula is C14H11N3O3. The molecule has 2 aromatic carbocycles. The summed E-state index contributed by atoms with van der Waals surface area (Å²) < 4.78 is 0. The fourth-order valence-electron chi connectivity index (χ4n) is 2.08. The molecule has 2 N–H and O–H groups in total. The Morgan fingerprint density at radius 2 is 2.05 bits per heavy atom. The van der Waals surface area contributed by atoms with E-state index in [0.29, 0.717) is 22.4 Å². The summed E-state index contributed by atoms with van der Waals surface area (Å²) >= 11 is 0. The number of rotatable bonds is 2. The van der Waals surface area contributed by atoms with Crippen molar-refractivity contribution in [2.45, 2.75) is 6.92 Å². The Morgan fingerprint density at radius 1 is 1.25 bits per heavy atom. The highest BCUT2D eigenvalue weighted by Gasteiger charge is 2.12. The maximum absolute atomic E-state index is 10.8. The number of non-ortho nitro benzene ring substituents is 1. The fraction of sp³-hybridized carbons (Fsp3) is 0.0714. The number of nitro groups is 1. The van der Waals surface area contributed by atoms with Gasteiger partial charge in [-0.25, -0.2) is 4.98 Å². The van der Waals surface area contributed by atoms with E-state index in [-0.39, 0.29) is 11.4 Å². The number of aromatic nitrogens is 2. The van der Waals surface area contributed by atoms with Crippen LogP contribution in [0.5, 0.6) is 5.75 Å². The van der Waals surface area contributed by atoms with Gasteiger partial charge in [-0.3, -0.25) is 10.1 Å². The predicted molar refractivity (Wildman–Crippen MR) is 74.6 cm³/mol. The van der Waals surface area contributed by atoms with E-state index in [1.165, 1.54) is 12.1 Å². The zero-order valence-corrected chi connectivity index (χ0v) is 10.6. The Kier molecular flexibility index (Phi) is 2.64.